The van der Waals surface area contributed by atoms with Crippen molar-refractivity contribution in [3.8, 4) is 11.3 Å². The van der Waals surface area contributed by atoms with Crippen molar-refractivity contribution in [2.24, 2.45) is 7.05 Å². The number of aryl methyl sites for hydroxylation is 2. The smallest absolute Gasteiger partial charge is 0.262 e. The van der Waals surface area contributed by atoms with E-state index >= 15 is 4.39 Å². The molecule has 1 aromatic carbocycles. The number of rotatable bonds is 3. The largest absolute Gasteiger partial charge is 0.370 e. The summed E-state index contributed by atoms with van der Waals surface area (Å²) in [6.45, 7) is 4.24. The number of ether oxygens (including phenoxy) is 1. The first-order valence-electron chi connectivity index (χ1n) is 10.6. The van der Waals surface area contributed by atoms with Gasteiger partial charge in [-0.2, -0.15) is 10.1 Å². The van der Waals surface area contributed by atoms with Crippen molar-refractivity contribution >= 4 is 23.2 Å². The highest BCUT2D eigenvalue weighted by molar-refractivity contribution is 6.30. The van der Waals surface area contributed by atoms with Gasteiger partial charge in [-0.25, -0.2) is 18.2 Å². The zero-order valence-electron chi connectivity index (χ0n) is 18.7. The summed E-state index contributed by atoms with van der Waals surface area (Å²) in [6.07, 6.45) is 3.17. The molecular formula is C23H21ClF2N6O2. The van der Waals surface area contributed by atoms with E-state index in [1.54, 1.807) is 36.7 Å². The first-order valence-corrected chi connectivity index (χ1v) is 11.0. The van der Waals surface area contributed by atoms with Crippen LogP contribution in [0.3, 0.4) is 0 Å². The van der Waals surface area contributed by atoms with Gasteiger partial charge < -0.3 is 9.64 Å². The van der Waals surface area contributed by atoms with Crippen molar-refractivity contribution in [2.45, 2.75) is 20.0 Å². The lowest BCUT2D eigenvalue weighted by Gasteiger charge is -2.34. The number of nitrogens with zero attached hydrogens (tertiary/aromatic N) is 6. The highest BCUT2D eigenvalue weighted by atomic mass is 35.5. The minimum atomic E-state index is -0.826. The van der Waals surface area contributed by atoms with E-state index in [1.807, 2.05) is 6.20 Å². The molecule has 0 N–H and O–H groups in total. The van der Waals surface area contributed by atoms with E-state index in [-0.39, 0.29) is 34.0 Å². The average Bonchev–Trinajstić information content (AvgIpc) is 3.25. The fraction of sp³-hybridized carbons (Fsp3) is 0.304. The molecule has 0 aliphatic carbocycles. The molecule has 0 saturated carbocycles. The topological polar surface area (TPSA) is 77.6 Å². The Morgan fingerprint density at radius 3 is 2.71 bits per heavy atom. The maximum Gasteiger partial charge on any atom is 0.262 e. The van der Waals surface area contributed by atoms with Crippen molar-refractivity contribution in [3.05, 3.63) is 74.4 Å². The molecule has 0 spiro atoms. The summed E-state index contributed by atoms with van der Waals surface area (Å²) in [6, 6.07) is 3.87. The van der Waals surface area contributed by atoms with Gasteiger partial charge in [0.25, 0.3) is 5.56 Å². The Bertz CT molecular complexity index is 1480. The average molecular weight is 487 g/mol. The number of fused-ring (bicyclic) bond motifs is 1. The molecule has 34 heavy (non-hydrogen) atoms. The van der Waals surface area contributed by atoms with Crippen LogP contribution in [0.25, 0.3) is 17.0 Å². The van der Waals surface area contributed by atoms with E-state index in [9.17, 15) is 9.18 Å². The Morgan fingerprint density at radius 1 is 1.21 bits per heavy atom. The van der Waals surface area contributed by atoms with Crippen molar-refractivity contribution in [2.75, 3.05) is 24.6 Å². The highest BCUT2D eigenvalue weighted by Gasteiger charge is 2.30. The maximum absolute atomic E-state index is 16.2. The van der Waals surface area contributed by atoms with E-state index in [1.165, 1.54) is 12.1 Å². The summed E-state index contributed by atoms with van der Waals surface area (Å²) in [7, 11) is 1.80. The molecule has 3 aromatic heterocycles. The Balaban J connectivity index is 1.73. The molecule has 1 fully saturated rings. The third kappa shape index (κ3) is 3.72. The monoisotopic (exact) mass is 486 g/mol. The van der Waals surface area contributed by atoms with Crippen LogP contribution in [0.5, 0.6) is 0 Å². The zero-order chi connectivity index (χ0) is 24.1. The molecular weight excluding hydrogens is 466 g/mol. The summed E-state index contributed by atoms with van der Waals surface area (Å²) in [5.74, 6) is -1.63. The quantitative estimate of drug-likeness (QED) is 0.440. The normalized spacial score (nSPS) is 16.4. The standard InChI is InChI=1S/C23H21ClF2N6O2/c1-12-13(2)28-23-29-21(31-6-7-34-18(11-31)14-9-27-30(3)10-14)19(26)20(32(23)22(12)33)16-5-4-15(24)8-17(16)25/h4-5,8-10,18H,6-7,11H2,1-3H3/t18-/m1/s1. The van der Waals surface area contributed by atoms with Crippen molar-refractivity contribution in [1.82, 2.24) is 24.1 Å². The van der Waals surface area contributed by atoms with Crippen LogP contribution in [0, 0.1) is 25.5 Å². The molecule has 11 heteroatoms. The third-order valence-corrected chi connectivity index (χ3v) is 6.25. The molecule has 8 nitrogen and oxygen atoms in total. The number of aromatic nitrogens is 5. The van der Waals surface area contributed by atoms with Gasteiger partial charge in [0.1, 0.15) is 17.6 Å². The Morgan fingerprint density at radius 2 is 2.00 bits per heavy atom. The molecule has 5 rings (SSSR count). The van der Waals surface area contributed by atoms with Gasteiger partial charge >= 0.3 is 0 Å². The minimum Gasteiger partial charge on any atom is -0.370 e. The lowest BCUT2D eigenvalue weighted by Crippen LogP contribution is -2.40. The molecule has 1 aliphatic heterocycles. The molecule has 1 aliphatic rings. The minimum absolute atomic E-state index is 0.0155. The Hall–Kier alpha value is -3.37. The van der Waals surface area contributed by atoms with Crippen LogP contribution in [-0.4, -0.2) is 43.8 Å². The van der Waals surface area contributed by atoms with Gasteiger partial charge in [0.15, 0.2) is 11.6 Å². The lowest BCUT2D eigenvalue weighted by molar-refractivity contribution is 0.0392. The summed E-state index contributed by atoms with van der Waals surface area (Å²) in [5, 5.41) is 4.33. The predicted molar refractivity (Wildman–Crippen MR) is 123 cm³/mol. The molecule has 4 heterocycles. The molecule has 1 atom stereocenters. The lowest BCUT2D eigenvalue weighted by atomic mass is 10.1. The third-order valence-electron chi connectivity index (χ3n) is 6.02. The molecule has 0 bridgehead atoms. The van der Waals surface area contributed by atoms with Crippen LogP contribution in [-0.2, 0) is 11.8 Å². The first-order chi connectivity index (χ1) is 16.2. The molecule has 0 unspecified atom stereocenters. The van der Waals surface area contributed by atoms with Gasteiger partial charge in [0, 0.05) is 47.2 Å². The van der Waals surface area contributed by atoms with Gasteiger partial charge in [-0.3, -0.25) is 9.48 Å². The van der Waals surface area contributed by atoms with Crippen molar-refractivity contribution in [1.29, 1.82) is 0 Å². The Kier molecular flexibility index (Phi) is 5.57. The number of anilines is 1. The number of benzene rings is 1. The van der Waals surface area contributed by atoms with E-state index in [2.05, 4.69) is 15.1 Å². The molecule has 176 valence electrons. The predicted octanol–water partition coefficient (Wildman–Crippen LogP) is 3.62. The van der Waals surface area contributed by atoms with Crippen LogP contribution in [0.2, 0.25) is 5.02 Å². The van der Waals surface area contributed by atoms with Crippen LogP contribution in [0.4, 0.5) is 14.6 Å². The van der Waals surface area contributed by atoms with Gasteiger partial charge in [0.2, 0.25) is 5.78 Å². The summed E-state index contributed by atoms with van der Waals surface area (Å²) in [4.78, 5) is 23.7. The summed E-state index contributed by atoms with van der Waals surface area (Å²) in [5.41, 5.74) is 0.759. The fourth-order valence-electron chi connectivity index (χ4n) is 4.10. The Labute approximate surface area is 198 Å². The number of halogens is 3. The van der Waals surface area contributed by atoms with E-state index < -0.39 is 17.2 Å². The second kappa shape index (κ2) is 8.44. The first kappa shape index (κ1) is 22.4. The van der Waals surface area contributed by atoms with E-state index in [0.717, 1.165) is 16.0 Å². The van der Waals surface area contributed by atoms with E-state index in [4.69, 9.17) is 16.3 Å². The second-order valence-corrected chi connectivity index (χ2v) is 8.67. The molecule has 1 saturated heterocycles. The molecule has 0 radical (unpaired) electrons. The summed E-state index contributed by atoms with van der Waals surface area (Å²) >= 11 is 5.91. The number of hydrogen-bond acceptors (Lipinski definition) is 6. The maximum atomic E-state index is 16.2. The number of morpholine rings is 1. The highest BCUT2D eigenvalue weighted by Crippen LogP contribution is 2.33. The van der Waals surface area contributed by atoms with Gasteiger partial charge in [-0.1, -0.05) is 11.6 Å². The van der Waals surface area contributed by atoms with E-state index in [0.29, 0.717) is 31.0 Å². The SMILES string of the molecule is Cc1nc2nc(N3CCO[C@@H](c4cnn(C)c4)C3)c(F)c(-c3ccc(Cl)cc3F)n2c(=O)c1C. The van der Waals surface area contributed by atoms with Gasteiger partial charge in [0.05, 0.1) is 19.3 Å². The van der Waals surface area contributed by atoms with Crippen molar-refractivity contribution < 1.29 is 13.5 Å². The van der Waals surface area contributed by atoms with Gasteiger partial charge in [-0.15, -0.1) is 0 Å². The van der Waals surface area contributed by atoms with Gasteiger partial charge in [-0.05, 0) is 32.0 Å². The molecule has 4 aromatic rings. The fourth-order valence-corrected chi connectivity index (χ4v) is 4.26. The summed E-state index contributed by atoms with van der Waals surface area (Å²) < 4.78 is 39.7. The number of hydrogen-bond donors (Lipinski definition) is 0. The zero-order valence-corrected chi connectivity index (χ0v) is 19.5. The second-order valence-electron chi connectivity index (χ2n) is 8.24. The molecule has 0 amide bonds. The van der Waals surface area contributed by atoms with Crippen LogP contribution >= 0.6 is 11.6 Å². The van der Waals surface area contributed by atoms with Crippen molar-refractivity contribution in [3.63, 3.8) is 0 Å². The van der Waals surface area contributed by atoms with Crippen LogP contribution in [0.15, 0.2) is 35.4 Å². The van der Waals surface area contributed by atoms with Crippen LogP contribution in [0.1, 0.15) is 22.9 Å². The van der Waals surface area contributed by atoms with Crippen LogP contribution < -0.4 is 10.5 Å².